The van der Waals surface area contributed by atoms with Gasteiger partial charge in [-0.3, -0.25) is 9.59 Å². The lowest BCUT2D eigenvalue weighted by molar-refractivity contribution is -0.131. The van der Waals surface area contributed by atoms with Gasteiger partial charge in [-0.05, 0) is 56.4 Å². The Kier molecular flexibility index (Phi) is 4.48. The molecule has 140 valence electrons. The van der Waals surface area contributed by atoms with Crippen LogP contribution in [0.15, 0.2) is 62.8 Å². The molecule has 0 spiro atoms. The molecule has 0 bridgehead atoms. The van der Waals surface area contributed by atoms with Gasteiger partial charge in [0.15, 0.2) is 11.5 Å². The van der Waals surface area contributed by atoms with E-state index in [0.717, 1.165) is 19.3 Å². The number of hydrogen-bond acceptors (Lipinski definition) is 5. The van der Waals surface area contributed by atoms with Crippen molar-refractivity contribution >= 4 is 11.7 Å². The first-order chi connectivity index (χ1) is 13.1. The van der Waals surface area contributed by atoms with Gasteiger partial charge in [0.1, 0.15) is 11.5 Å². The number of rotatable bonds is 5. The first-order valence-corrected chi connectivity index (χ1v) is 9.09. The zero-order valence-corrected chi connectivity index (χ0v) is 15.1. The van der Waals surface area contributed by atoms with Crippen molar-refractivity contribution in [3.63, 3.8) is 0 Å². The maximum Gasteiger partial charge on any atom is 0.290 e. The van der Waals surface area contributed by atoms with Gasteiger partial charge in [0.25, 0.3) is 5.91 Å². The Morgan fingerprint density at radius 1 is 1.30 bits per heavy atom. The summed E-state index contributed by atoms with van der Waals surface area (Å²) in [6.07, 6.45) is 8.17. The fourth-order valence-corrected chi connectivity index (χ4v) is 3.94. The summed E-state index contributed by atoms with van der Waals surface area (Å²) >= 11 is 0. The average molecular weight is 367 g/mol. The standard InChI is InChI=1S/C21H21NO5/c1-13-9-10-16(27-13)19(23)17-18(14-6-3-2-4-7-14)22(21(25)20(17)24)12-15-8-5-11-26-15/h2-3,5,8-11,14,18,24H,4,6-7,12H2,1H3. The molecule has 2 atom stereocenters. The summed E-state index contributed by atoms with van der Waals surface area (Å²) in [5.74, 6) is -0.0674. The Morgan fingerprint density at radius 2 is 2.15 bits per heavy atom. The monoisotopic (exact) mass is 367 g/mol. The van der Waals surface area contributed by atoms with Gasteiger partial charge in [-0.25, -0.2) is 0 Å². The summed E-state index contributed by atoms with van der Waals surface area (Å²) in [5, 5.41) is 10.6. The number of Topliss-reactive ketones (excluding diaryl/α,β-unsaturated/α-hetero) is 1. The molecule has 6 heteroatoms. The predicted octanol–water partition coefficient (Wildman–Crippen LogP) is 3.94. The number of hydrogen-bond donors (Lipinski definition) is 1. The van der Waals surface area contributed by atoms with E-state index in [9.17, 15) is 14.7 Å². The van der Waals surface area contributed by atoms with Gasteiger partial charge in [-0.2, -0.15) is 0 Å². The summed E-state index contributed by atoms with van der Waals surface area (Å²) < 4.78 is 10.8. The molecule has 2 aromatic heterocycles. The molecule has 1 aliphatic carbocycles. The number of aliphatic hydroxyl groups is 1. The molecule has 6 nitrogen and oxygen atoms in total. The topological polar surface area (TPSA) is 83.9 Å². The van der Waals surface area contributed by atoms with E-state index in [-0.39, 0.29) is 23.8 Å². The first kappa shape index (κ1) is 17.4. The zero-order valence-electron chi connectivity index (χ0n) is 15.1. The lowest BCUT2D eigenvalue weighted by Gasteiger charge is -2.33. The van der Waals surface area contributed by atoms with Crippen molar-refractivity contribution in [2.45, 2.75) is 38.8 Å². The smallest absolute Gasteiger partial charge is 0.290 e. The molecule has 0 saturated heterocycles. The number of carbonyl (C=O) groups is 2. The Morgan fingerprint density at radius 3 is 2.78 bits per heavy atom. The van der Waals surface area contributed by atoms with E-state index in [1.54, 1.807) is 42.4 Å². The molecule has 0 fully saturated rings. The van der Waals surface area contributed by atoms with E-state index in [0.29, 0.717) is 11.5 Å². The summed E-state index contributed by atoms with van der Waals surface area (Å²) in [6.45, 7) is 1.95. The van der Waals surface area contributed by atoms with Gasteiger partial charge >= 0.3 is 0 Å². The molecular weight excluding hydrogens is 346 g/mol. The van der Waals surface area contributed by atoms with Gasteiger partial charge in [0.2, 0.25) is 5.78 Å². The molecule has 0 radical (unpaired) electrons. The van der Waals surface area contributed by atoms with Gasteiger partial charge in [-0.15, -0.1) is 0 Å². The van der Waals surface area contributed by atoms with Gasteiger partial charge < -0.3 is 18.8 Å². The van der Waals surface area contributed by atoms with Crippen LogP contribution in [-0.4, -0.2) is 27.7 Å². The van der Waals surface area contributed by atoms with Gasteiger partial charge in [-0.1, -0.05) is 12.2 Å². The van der Waals surface area contributed by atoms with Crippen molar-refractivity contribution < 1.29 is 23.5 Å². The van der Waals surface area contributed by atoms with Gasteiger partial charge in [0.05, 0.1) is 24.4 Å². The highest BCUT2D eigenvalue weighted by Gasteiger charge is 2.47. The fraction of sp³-hybridized carbons (Fsp3) is 0.333. The molecule has 2 unspecified atom stereocenters. The van der Waals surface area contributed by atoms with Crippen molar-refractivity contribution in [1.82, 2.24) is 4.90 Å². The highest BCUT2D eigenvalue weighted by Crippen LogP contribution is 2.38. The van der Waals surface area contributed by atoms with Gasteiger partial charge in [0, 0.05) is 0 Å². The van der Waals surface area contributed by atoms with Crippen LogP contribution in [0.1, 0.15) is 41.3 Å². The van der Waals surface area contributed by atoms with Crippen LogP contribution in [0.5, 0.6) is 0 Å². The molecule has 1 N–H and O–H groups in total. The van der Waals surface area contributed by atoms with Crippen molar-refractivity contribution in [2.75, 3.05) is 0 Å². The molecule has 1 aliphatic heterocycles. The minimum atomic E-state index is -0.544. The van der Waals surface area contributed by atoms with Crippen LogP contribution < -0.4 is 0 Å². The SMILES string of the molecule is Cc1ccc(C(=O)C2=C(O)C(=O)N(Cc3ccco3)C2C2CC=CCC2)o1. The van der Waals surface area contributed by atoms with Crippen LogP contribution in [0, 0.1) is 12.8 Å². The molecule has 2 aromatic rings. The number of aryl methyl sites for hydroxylation is 1. The Bertz CT molecular complexity index is 918. The van der Waals surface area contributed by atoms with Crippen molar-refractivity contribution in [2.24, 2.45) is 5.92 Å². The fourth-order valence-electron chi connectivity index (χ4n) is 3.94. The van der Waals surface area contributed by atoms with Crippen LogP contribution >= 0.6 is 0 Å². The van der Waals surface area contributed by atoms with Crippen LogP contribution in [0.25, 0.3) is 0 Å². The van der Waals surface area contributed by atoms with Crippen molar-refractivity contribution in [1.29, 1.82) is 0 Å². The number of furan rings is 2. The number of aliphatic hydroxyl groups excluding tert-OH is 1. The van der Waals surface area contributed by atoms with Crippen LogP contribution in [0.4, 0.5) is 0 Å². The average Bonchev–Trinajstić information content (AvgIpc) is 3.39. The largest absolute Gasteiger partial charge is 0.503 e. The normalized spacial score (nSPS) is 22.7. The maximum absolute atomic E-state index is 13.1. The highest BCUT2D eigenvalue weighted by molar-refractivity contribution is 6.14. The number of nitrogens with zero attached hydrogens (tertiary/aromatic N) is 1. The Labute approximate surface area is 156 Å². The zero-order chi connectivity index (χ0) is 19.0. The lowest BCUT2D eigenvalue weighted by atomic mass is 9.82. The number of carbonyl (C=O) groups excluding carboxylic acids is 2. The minimum absolute atomic E-state index is 0.0496. The molecule has 4 rings (SSSR count). The Balaban J connectivity index is 1.73. The molecule has 2 aliphatic rings. The number of ketones is 1. The van der Waals surface area contributed by atoms with E-state index in [2.05, 4.69) is 12.2 Å². The number of amides is 1. The minimum Gasteiger partial charge on any atom is -0.503 e. The second-order valence-electron chi connectivity index (χ2n) is 7.00. The third-order valence-corrected chi connectivity index (χ3v) is 5.22. The maximum atomic E-state index is 13.1. The highest BCUT2D eigenvalue weighted by atomic mass is 16.3. The summed E-state index contributed by atoms with van der Waals surface area (Å²) in [5.41, 5.74) is 0.126. The predicted molar refractivity (Wildman–Crippen MR) is 97.0 cm³/mol. The first-order valence-electron chi connectivity index (χ1n) is 9.09. The van der Waals surface area contributed by atoms with E-state index in [1.807, 2.05) is 0 Å². The van der Waals surface area contributed by atoms with Crippen LogP contribution in [-0.2, 0) is 11.3 Å². The second kappa shape index (κ2) is 6.95. The molecule has 1 amide bonds. The Hall–Kier alpha value is -3.02. The molecule has 3 heterocycles. The van der Waals surface area contributed by atoms with Crippen molar-refractivity contribution in [3.8, 4) is 0 Å². The van der Waals surface area contributed by atoms with E-state index in [4.69, 9.17) is 8.83 Å². The molecular formula is C21H21NO5. The quantitative estimate of drug-likeness (QED) is 0.639. The summed E-state index contributed by atoms with van der Waals surface area (Å²) in [4.78, 5) is 27.4. The van der Waals surface area contributed by atoms with Crippen LogP contribution in [0.2, 0.25) is 0 Å². The molecule has 0 aromatic carbocycles. The summed E-state index contributed by atoms with van der Waals surface area (Å²) in [6, 6.07) is 6.29. The molecule has 0 saturated carbocycles. The number of allylic oxidation sites excluding steroid dienone is 2. The lowest BCUT2D eigenvalue weighted by Crippen LogP contribution is -2.41. The third-order valence-electron chi connectivity index (χ3n) is 5.22. The van der Waals surface area contributed by atoms with Crippen LogP contribution in [0.3, 0.4) is 0 Å². The van der Waals surface area contributed by atoms with E-state index in [1.165, 1.54) is 0 Å². The molecule has 27 heavy (non-hydrogen) atoms. The third kappa shape index (κ3) is 3.12. The van der Waals surface area contributed by atoms with E-state index < -0.39 is 23.5 Å². The second-order valence-corrected chi connectivity index (χ2v) is 7.00. The summed E-state index contributed by atoms with van der Waals surface area (Å²) in [7, 11) is 0. The van der Waals surface area contributed by atoms with Crippen molar-refractivity contribution in [3.05, 3.63) is 71.3 Å². The van der Waals surface area contributed by atoms with E-state index >= 15 is 0 Å².